The Hall–Kier alpha value is -7.42. The van der Waals surface area contributed by atoms with Crippen molar-refractivity contribution < 1.29 is 0 Å². The Kier molecular flexibility index (Phi) is 6.95. The van der Waals surface area contributed by atoms with Gasteiger partial charge in [-0.2, -0.15) is 0 Å². The standard InChI is InChI=1S/C59H42N2/c1-58(2)47-24-10-8-19-45(47)55-41(21-13-26-49(55)58)37-30-33-40(34-31-37)61-52-35-32-38(36-50(52)59(3)48-25-11-7-18-43(48)44-23-15-29-54(61)57(44)59)42-22-14-28-53-56(42)46-20-9-12-27-51(46)60(53)39-16-5-4-6-17-39/h4-36H,1-3H3. The Bertz CT molecular complexity index is 3460. The molecule has 9 aromatic carbocycles. The number of para-hydroxylation sites is 2. The van der Waals surface area contributed by atoms with Crippen molar-refractivity contribution in [1.29, 1.82) is 0 Å². The lowest BCUT2D eigenvalue weighted by atomic mass is 9.70. The third-order valence-electron chi connectivity index (χ3n) is 14.4. The van der Waals surface area contributed by atoms with Gasteiger partial charge in [-0.25, -0.2) is 0 Å². The third kappa shape index (κ3) is 4.52. The minimum absolute atomic E-state index is 0.0410. The first-order valence-electron chi connectivity index (χ1n) is 21.5. The number of hydrogen-bond acceptors (Lipinski definition) is 1. The van der Waals surface area contributed by atoms with Crippen LogP contribution in [0.2, 0.25) is 0 Å². The highest BCUT2D eigenvalue weighted by atomic mass is 15.2. The molecule has 288 valence electrons. The second kappa shape index (κ2) is 12.3. The summed E-state index contributed by atoms with van der Waals surface area (Å²) in [6.07, 6.45) is 0. The van der Waals surface area contributed by atoms with Gasteiger partial charge in [-0.05, 0) is 134 Å². The maximum Gasteiger partial charge on any atom is 0.0547 e. The van der Waals surface area contributed by atoms with E-state index in [-0.39, 0.29) is 10.8 Å². The summed E-state index contributed by atoms with van der Waals surface area (Å²) in [6.45, 7) is 7.18. The normalized spacial score (nSPS) is 16.3. The van der Waals surface area contributed by atoms with E-state index in [1.165, 1.54) is 111 Å². The van der Waals surface area contributed by atoms with Crippen LogP contribution >= 0.6 is 0 Å². The molecule has 61 heavy (non-hydrogen) atoms. The summed E-state index contributed by atoms with van der Waals surface area (Å²) in [5.74, 6) is 0. The zero-order valence-electron chi connectivity index (χ0n) is 34.4. The Balaban J connectivity index is 1.01. The molecule has 2 heteroatoms. The summed E-state index contributed by atoms with van der Waals surface area (Å²) in [4.78, 5) is 2.52. The van der Waals surface area contributed by atoms with Gasteiger partial charge in [0.1, 0.15) is 0 Å². The van der Waals surface area contributed by atoms with Crippen LogP contribution in [-0.4, -0.2) is 4.57 Å². The summed E-state index contributed by atoms with van der Waals surface area (Å²) >= 11 is 0. The van der Waals surface area contributed by atoms with Crippen LogP contribution in [-0.2, 0) is 10.8 Å². The first kappa shape index (κ1) is 34.4. The van der Waals surface area contributed by atoms with Crippen molar-refractivity contribution in [3.8, 4) is 50.2 Å². The molecule has 0 radical (unpaired) electrons. The largest absolute Gasteiger partial charge is 0.310 e. The van der Waals surface area contributed by atoms with E-state index in [1.807, 2.05) is 0 Å². The van der Waals surface area contributed by atoms with Crippen LogP contribution in [0.3, 0.4) is 0 Å². The Morgan fingerprint density at radius 2 is 1.00 bits per heavy atom. The molecule has 0 spiro atoms. The van der Waals surface area contributed by atoms with E-state index in [4.69, 9.17) is 0 Å². The average Bonchev–Trinajstić information content (AvgIpc) is 3.88. The van der Waals surface area contributed by atoms with Crippen molar-refractivity contribution in [3.63, 3.8) is 0 Å². The van der Waals surface area contributed by atoms with Gasteiger partial charge < -0.3 is 9.47 Å². The molecule has 1 aromatic heterocycles. The number of nitrogens with zero attached hydrogens (tertiary/aromatic N) is 2. The van der Waals surface area contributed by atoms with Crippen LogP contribution in [0.15, 0.2) is 200 Å². The van der Waals surface area contributed by atoms with Gasteiger partial charge in [0.05, 0.1) is 22.4 Å². The summed E-state index contributed by atoms with van der Waals surface area (Å²) in [7, 11) is 0. The molecule has 0 saturated heterocycles. The molecule has 1 aliphatic heterocycles. The molecule has 2 nitrogen and oxygen atoms in total. The molecule has 0 N–H and O–H groups in total. The molecular weight excluding hydrogens is 737 g/mol. The number of benzene rings is 9. The molecule has 2 heterocycles. The predicted molar refractivity (Wildman–Crippen MR) is 255 cm³/mol. The summed E-state index contributed by atoms with van der Waals surface area (Å²) < 4.78 is 2.42. The van der Waals surface area contributed by atoms with Crippen molar-refractivity contribution in [3.05, 3.63) is 228 Å². The van der Waals surface area contributed by atoms with E-state index >= 15 is 0 Å². The number of rotatable bonds is 4. The number of anilines is 3. The molecular formula is C59H42N2. The summed E-state index contributed by atoms with van der Waals surface area (Å²) in [5, 5.41) is 2.54. The molecule has 1 atom stereocenters. The van der Waals surface area contributed by atoms with Gasteiger partial charge in [0, 0.05) is 33.0 Å². The van der Waals surface area contributed by atoms with E-state index in [1.54, 1.807) is 0 Å². The van der Waals surface area contributed by atoms with E-state index < -0.39 is 0 Å². The smallest absolute Gasteiger partial charge is 0.0547 e. The van der Waals surface area contributed by atoms with Gasteiger partial charge in [0.25, 0.3) is 0 Å². The lowest BCUT2D eigenvalue weighted by Gasteiger charge is -2.42. The Morgan fingerprint density at radius 3 is 1.85 bits per heavy atom. The lowest BCUT2D eigenvalue weighted by Crippen LogP contribution is -2.32. The SMILES string of the molecule is CC1(C)c2ccccc2-c2c(-c3ccc(N4c5ccc(-c6cccc7c6c6ccccc6n7-c6ccccc6)cc5C5(C)c6ccccc6-c6cccc4c65)cc3)cccc21. The summed E-state index contributed by atoms with van der Waals surface area (Å²) in [6, 6.07) is 74.8. The zero-order chi connectivity index (χ0) is 40.6. The number of hydrogen-bond donors (Lipinski definition) is 0. The molecule has 10 aromatic rings. The minimum Gasteiger partial charge on any atom is -0.310 e. The molecule has 0 bridgehead atoms. The van der Waals surface area contributed by atoms with Crippen LogP contribution in [0.4, 0.5) is 17.1 Å². The molecule has 0 saturated carbocycles. The van der Waals surface area contributed by atoms with Crippen LogP contribution in [0.5, 0.6) is 0 Å². The molecule has 0 amide bonds. The van der Waals surface area contributed by atoms with Crippen molar-refractivity contribution in [1.82, 2.24) is 4.57 Å². The maximum absolute atomic E-state index is 2.52. The second-order valence-corrected chi connectivity index (χ2v) is 17.8. The first-order valence-corrected chi connectivity index (χ1v) is 21.5. The zero-order valence-corrected chi connectivity index (χ0v) is 34.4. The fraction of sp³-hybridized carbons (Fsp3) is 0.0847. The molecule has 2 aliphatic carbocycles. The highest BCUT2D eigenvalue weighted by molar-refractivity contribution is 6.16. The second-order valence-electron chi connectivity index (χ2n) is 17.8. The predicted octanol–water partition coefficient (Wildman–Crippen LogP) is 15.5. The van der Waals surface area contributed by atoms with Gasteiger partial charge >= 0.3 is 0 Å². The lowest BCUT2D eigenvalue weighted by molar-refractivity contribution is 0.660. The Morgan fingerprint density at radius 1 is 0.377 bits per heavy atom. The van der Waals surface area contributed by atoms with Gasteiger partial charge in [-0.3, -0.25) is 0 Å². The van der Waals surface area contributed by atoms with Crippen molar-refractivity contribution in [2.45, 2.75) is 31.6 Å². The quantitative estimate of drug-likeness (QED) is 0.173. The van der Waals surface area contributed by atoms with E-state index in [0.717, 1.165) is 5.69 Å². The molecule has 13 rings (SSSR count). The third-order valence-corrected chi connectivity index (χ3v) is 14.4. The van der Waals surface area contributed by atoms with Crippen molar-refractivity contribution in [2.24, 2.45) is 0 Å². The van der Waals surface area contributed by atoms with Gasteiger partial charge in [-0.1, -0.05) is 159 Å². The maximum atomic E-state index is 2.52. The van der Waals surface area contributed by atoms with Gasteiger partial charge in [0.15, 0.2) is 0 Å². The average molecular weight is 779 g/mol. The van der Waals surface area contributed by atoms with E-state index in [0.29, 0.717) is 0 Å². The van der Waals surface area contributed by atoms with Crippen LogP contribution in [0.25, 0.3) is 72.0 Å². The molecule has 1 unspecified atom stereocenters. The number of fused-ring (bicyclic) bond motifs is 11. The molecule has 3 aliphatic rings. The fourth-order valence-electron chi connectivity index (χ4n) is 11.7. The highest BCUT2D eigenvalue weighted by Crippen LogP contribution is 2.63. The van der Waals surface area contributed by atoms with Crippen LogP contribution < -0.4 is 4.90 Å². The number of aromatic nitrogens is 1. The van der Waals surface area contributed by atoms with Crippen LogP contribution in [0, 0.1) is 0 Å². The topological polar surface area (TPSA) is 8.17 Å². The summed E-state index contributed by atoms with van der Waals surface area (Å²) in [5.41, 5.74) is 24.1. The minimum atomic E-state index is -0.346. The fourth-order valence-corrected chi connectivity index (χ4v) is 11.7. The van der Waals surface area contributed by atoms with Gasteiger partial charge in [0.2, 0.25) is 0 Å². The van der Waals surface area contributed by atoms with E-state index in [9.17, 15) is 0 Å². The van der Waals surface area contributed by atoms with Gasteiger partial charge in [-0.15, -0.1) is 0 Å². The first-order chi connectivity index (χ1) is 29.9. The monoisotopic (exact) mass is 778 g/mol. The molecule has 0 fully saturated rings. The van der Waals surface area contributed by atoms with Crippen LogP contribution in [0.1, 0.15) is 48.6 Å². The van der Waals surface area contributed by atoms with E-state index in [2.05, 4.69) is 230 Å². The van der Waals surface area contributed by atoms with Crippen molar-refractivity contribution in [2.75, 3.05) is 4.90 Å². The highest BCUT2D eigenvalue weighted by Gasteiger charge is 2.48. The van der Waals surface area contributed by atoms with Crippen molar-refractivity contribution >= 4 is 38.9 Å². The Labute approximate surface area is 356 Å².